The van der Waals surface area contributed by atoms with Crippen molar-refractivity contribution in [2.75, 3.05) is 0 Å². The van der Waals surface area contributed by atoms with Gasteiger partial charge in [0.05, 0.1) is 0 Å². The summed E-state index contributed by atoms with van der Waals surface area (Å²) in [7, 11) is 0. The minimum atomic E-state index is 0. The molecule has 2 atom stereocenters. The van der Waals surface area contributed by atoms with Crippen LogP contribution in [0.2, 0.25) is 0 Å². The summed E-state index contributed by atoms with van der Waals surface area (Å²) in [5, 5.41) is 0. The van der Waals surface area contributed by atoms with Gasteiger partial charge in [-0.3, -0.25) is 0 Å². The Balaban J connectivity index is 0.00000150. The molecule has 1 fully saturated rings. The van der Waals surface area contributed by atoms with Crippen molar-refractivity contribution in [1.29, 1.82) is 0 Å². The Bertz CT molecular complexity index is 819. The molecule has 155 valence electrons. The quantitative estimate of drug-likeness (QED) is 0.380. The van der Waals surface area contributed by atoms with Crippen molar-refractivity contribution in [2.45, 2.75) is 68.3 Å². The minimum Gasteiger partial charge on any atom is -0.147 e. The van der Waals surface area contributed by atoms with Gasteiger partial charge in [-0.1, -0.05) is 0 Å². The number of fused-ring (bicyclic) bond motifs is 1. The molecule has 0 aliphatic heterocycles. The van der Waals surface area contributed by atoms with Gasteiger partial charge in [0.25, 0.3) is 0 Å². The van der Waals surface area contributed by atoms with E-state index in [9.17, 15) is 0 Å². The van der Waals surface area contributed by atoms with Gasteiger partial charge in [-0.25, -0.2) is 0 Å². The molecule has 2 unspecified atom stereocenters. The Hall–Kier alpha value is -0.357. The molecule has 2 aromatic carbocycles. The van der Waals surface area contributed by atoms with Crippen LogP contribution in [0.15, 0.2) is 48.0 Å². The number of rotatable bonds is 5. The Kier molecular flexibility index (Phi) is 9.72. The molecule has 2 aromatic rings. The van der Waals surface area contributed by atoms with Gasteiger partial charge in [0.1, 0.15) is 0 Å². The average Bonchev–Trinajstić information content (AvgIpc) is 3.04. The molecule has 2 aliphatic rings. The first-order chi connectivity index (χ1) is 13.2. The van der Waals surface area contributed by atoms with E-state index in [-0.39, 0.29) is 24.8 Å². The van der Waals surface area contributed by atoms with E-state index in [1.165, 1.54) is 67.2 Å². The van der Waals surface area contributed by atoms with Crippen LogP contribution < -0.4 is 0 Å². The maximum absolute atomic E-state index is 2.56. The number of benzene rings is 2. The zero-order valence-corrected chi connectivity index (χ0v) is 21.7. The van der Waals surface area contributed by atoms with Crippen LogP contribution in [0.1, 0.15) is 85.0 Å². The largest absolute Gasteiger partial charge is 0.147 e. The summed E-state index contributed by atoms with van der Waals surface area (Å²) in [5.74, 6) is 1.58. The summed E-state index contributed by atoms with van der Waals surface area (Å²) >= 11 is 1.65. The Labute approximate surface area is 204 Å². The first kappa shape index (κ1) is 24.9. The molecule has 0 amide bonds. The molecule has 0 bridgehead atoms. The summed E-state index contributed by atoms with van der Waals surface area (Å²) in [6.07, 6.45) is 12.3. The number of hydrogen-bond acceptors (Lipinski definition) is 0. The van der Waals surface area contributed by atoms with Crippen molar-refractivity contribution in [3.63, 3.8) is 0 Å². The van der Waals surface area contributed by atoms with Crippen LogP contribution in [-0.4, -0.2) is 0 Å². The molecular formula is C26H33Cl2Zr. The molecule has 29 heavy (non-hydrogen) atoms. The van der Waals surface area contributed by atoms with E-state index in [4.69, 9.17) is 0 Å². The first-order valence-electron chi connectivity index (χ1n) is 10.8. The second-order valence-corrected chi connectivity index (χ2v) is 10.0. The molecule has 2 aliphatic carbocycles. The Morgan fingerprint density at radius 2 is 1.66 bits per heavy atom. The molecule has 4 rings (SSSR count). The number of allylic oxidation sites excluding steroid dienone is 1. The normalized spacial score (nSPS) is 19.5. The van der Waals surface area contributed by atoms with Crippen LogP contribution in [0.3, 0.4) is 0 Å². The van der Waals surface area contributed by atoms with Gasteiger partial charge < -0.3 is 0 Å². The fourth-order valence-electron chi connectivity index (χ4n) is 4.84. The maximum Gasteiger partial charge on any atom is -0.147 e. The van der Waals surface area contributed by atoms with Crippen LogP contribution in [0.5, 0.6) is 0 Å². The Morgan fingerprint density at radius 1 is 0.966 bits per heavy atom. The maximum atomic E-state index is 2.56. The van der Waals surface area contributed by atoms with E-state index in [0.29, 0.717) is 9.54 Å². The molecular weight excluding hydrogens is 474 g/mol. The molecule has 3 heteroatoms. The first-order valence-corrected chi connectivity index (χ1v) is 12.2. The summed E-state index contributed by atoms with van der Waals surface area (Å²) in [6, 6.07) is 16.3. The monoisotopic (exact) mass is 505 g/mol. The summed E-state index contributed by atoms with van der Waals surface area (Å²) in [4.78, 5) is 0. The predicted molar refractivity (Wildman–Crippen MR) is 127 cm³/mol. The third kappa shape index (κ3) is 5.47. The third-order valence-electron chi connectivity index (χ3n) is 6.80. The zero-order chi connectivity index (χ0) is 18.8. The van der Waals surface area contributed by atoms with Gasteiger partial charge in [0.2, 0.25) is 0 Å². The zero-order valence-electron chi connectivity index (χ0n) is 17.6. The van der Waals surface area contributed by atoms with Gasteiger partial charge in [-0.05, 0) is 0 Å². The molecule has 0 saturated heterocycles. The van der Waals surface area contributed by atoms with Crippen molar-refractivity contribution < 1.29 is 24.7 Å². The van der Waals surface area contributed by atoms with Crippen LogP contribution >= 0.6 is 24.8 Å². The number of hydrogen-bond donors (Lipinski definition) is 0. The second kappa shape index (κ2) is 11.3. The van der Waals surface area contributed by atoms with Gasteiger partial charge >= 0.3 is 181 Å². The molecule has 0 nitrogen and oxygen atoms in total. The SMILES string of the molecule is CCC(C)c1ccc(-c2cccc3c2C=C(CC2CCCCC2)[CH]3[Zr])cc1.Cl.Cl. The third-order valence-corrected chi connectivity index (χ3v) is 8.48. The standard InChI is InChI=1S/C26H31.2ClH.Zr/c1-3-19(2)22-12-14-23(15-13-22)25-11-7-10-24-17-21(18-26(24)25)16-20-8-5-4-6-9-20;;;/h7,10-15,17-20H,3-6,8-9,16H2,1-2H3;2*1H;. The minimum absolute atomic E-state index is 0. The molecule has 1 saturated carbocycles. The van der Waals surface area contributed by atoms with Crippen molar-refractivity contribution in [3.8, 4) is 11.1 Å². The van der Waals surface area contributed by atoms with E-state index in [1.54, 1.807) is 35.9 Å². The van der Waals surface area contributed by atoms with E-state index in [2.05, 4.69) is 62.4 Å². The van der Waals surface area contributed by atoms with Crippen molar-refractivity contribution in [2.24, 2.45) is 5.92 Å². The van der Waals surface area contributed by atoms with E-state index < -0.39 is 0 Å². The summed E-state index contributed by atoms with van der Waals surface area (Å²) in [6.45, 7) is 4.59. The molecule has 0 aromatic heterocycles. The van der Waals surface area contributed by atoms with E-state index in [1.807, 2.05) is 0 Å². The smallest absolute Gasteiger partial charge is 0.147 e. The number of halogens is 2. The van der Waals surface area contributed by atoms with Gasteiger partial charge in [-0.15, -0.1) is 24.8 Å². The summed E-state index contributed by atoms with van der Waals surface area (Å²) in [5.41, 5.74) is 9.04. The molecule has 0 spiro atoms. The fourth-order valence-corrected chi connectivity index (χ4v) is 5.96. The summed E-state index contributed by atoms with van der Waals surface area (Å²) < 4.78 is 0.675. The van der Waals surface area contributed by atoms with Crippen molar-refractivity contribution in [3.05, 3.63) is 64.7 Å². The van der Waals surface area contributed by atoms with E-state index >= 15 is 0 Å². The van der Waals surface area contributed by atoms with Gasteiger partial charge in [0.15, 0.2) is 0 Å². The predicted octanol–water partition coefficient (Wildman–Crippen LogP) is 8.67. The van der Waals surface area contributed by atoms with Crippen LogP contribution in [0.25, 0.3) is 17.2 Å². The van der Waals surface area contributed by atoms with E-state index in [0.717, 1.165) is 5.92 Å². The van der Waals surface area contributed by atoms with Crippen LogP contribution in [0, 0.1) is 5.92 Å². The van der Waals surface area contributed by atoms with Crippen molar-refractivity contribution in [1.82, 2.24) is 0 Å². The Morgan fingerprint density at radius 3 is 2.31 bits per heavy atom. The van der Waals surface area contributed by atoms with Crippen LogP contribution in [-0.2, 0) is 24.7 Å². The van der Waals surface area contributed by atoms with Gasteiger partial charge in [-0.2, -0.15) is 0 Å². The van der Waals surface area contributed by atoms with Crippen molar-refractivity contribution >= 4 is 30.9 Å². The molecule has 0 heterocycles. The molecule has 0 radical (unpaired) electrons. The average molecular weight is 508 g/mol. The fraction of sp³-hybridized carbons (Fsp3) is 0.462. The van der Waals surface area contributed by atoms with Gasteiger partial charge in [0, 0.05) is 0 Å². The topological polar surface area (TPSA) is 0 Å². The molecule has 0 N–H and O–H groups in total. The second-order valence-electron chi connectivity index (χ2n) is 8.60. The van der Waals surface area contributed by atoms with Crippen LogP contribution in [0.4, 0.5) is 0 Å².